The lowest BCUT2D eigenvalue weighted by Crippen LogP contribution is -2.42. The number of carbonyl (C=O) groups excluding carboxylic acids is 2. The average Bonchev–Trinajstić information content (AvgIpc) is 3.32. The summed E-state index contributed by atoms with van der Waals surface area (Å²) in [7, 11) is 0. The van der Waals surface area contributed by atoms with Crippen molar-refractivity contribution in [2.24, 2.45) is 5.73 Å². The van der Waals surface area contributed by atoms with E-state index in [2.05, 4.69) is 11.0 Å². The Hall–Kier alpha value is -3.42. The monoisotopic (exact) mass is 583 g/mol. The van der Waals surface area contributed by atoms with Crippen LogP contribution in [0.15, 0.2) is 60.7 Å². The summed E-state index contributed by atoms with van der Waals surface area (Å²) in [6.45, 7) is 7.96. The Bertz CT molecular complexity index is 1380. The van der Waals surface area contributed by atoms with Crippen LogP contribution in [0.25, 0.3) is 11.1 Å². The van der Waals surface area contributed by atoms with Crippen LogP contribution in [0.5, 0.6) is 5.75 Å². The van der Waals surface area contributed by atoms with Crippen molar-refractivity contribution in [3.63, 3.8) is 0 Å². The van der Waals surface area contributed by atoms with E-state index in [1.54, 1.807) is 31.7 Å². The van der Waals surface area contributed by atoms with Crippen molar-refractivity contribution in [1.82, 2.24) is 4.90 Å². The van der Waals surface area contributed by atoms with E-state index in [-0.39, 0.29) is 0 Å². The second-order valence-corrected chi connectivity index (χ2v) is 11.0. The van der Waals surface area contributed by atoms with Crippen molar-refractivity contribution < 1.29 is 19.1 Å². The predicted molar refractivity (Wildman–Crippen MR) is 160 cm³/mol. The molecule has 1 aliphatic heterocycles. The first-order valence-electron chi connectivity index (χ1n) is 13.4. The zero-order chi connectivity index (χ0) is 28.9. The van der Waals surface area contributed by atoms with Gasteiger partial charge in [0.15, 0.2) is 5.60 Å². The molecule has 0 aliphatic carbocycles. The third-order valence-electron chi connectivity index (χ3n) is 6.99. The van der Waals surface area contributed by atoms with E-state index in [4.69, 9.17) is 38.4 Å². The third kappa shape index (κ3) is 7.01. The maximum Gasteiger partial charge on any atom is 0.349 e. The number of benzene rings is 3. The number of amides is 2. The van der Waals surface area contributed by atoms with Crippen LogP contribution in [-0.4, -0.2) is 55.3 Å². The molecular weight excluding hydrogens is 549 g/mol. The summed E-state index contributed by atoms with van der Waals surface area (Å²) >= 11 is 12.6. The topological polar surface area (TPSA) is 85.1 Å². The van der Waals surface area contributed by atoms with Crippen molar-refractivity contribution >= 4 is 40.9 Å². The lowest BCUT2D eigenvalue weighted by molar-refractivity contribution is -0.158. The Morgan fingerprint density at radius 1 is 1.05 bits per heavy atom. The fraction of sp³-hybridized carbons (Fsp3) is 0.355. The van der Waals surface area contributed by atoms with Crippen molar-refractivity contribution in [1.29, 1.82) is 0 Å². The molecule has 0 spiro atoms. The van der Waals surface area contributed by atoms with Gasteiger partial charge < -0.3 is 25.0 Å². The quantitative estimate of drug-likeness (QED) is 0.265. The zero-order valence-corrected chi connectivity index (χ0v) is 24.6. The van der Waals surface area contributed by atoms with Gasteiger partial charge in [0.1, 0.15) is 5.75 Å². The first kappa shape index (κ1) is 29.6. The van der Waals surface area contributed by atoms with E-state index >= 15 is 0 Å². The minimum Gasteiger partial charge on any atom is -0.476 e. The molecular formula is C31H35Cl2N3O4. The van der Waals surface area contributed by atoms with Crippen molar-refractivity contribution in [3.05, 3.63) is 81.8 Å². The molecule has 0 aromatic heterocycles. The highest BCUT2D eigenvalue weighted by molar-refractivity contribution is 6.43. The Morgan fingerprint density at radius 2 is 1.82 bits per heavy atom. The molecule has 2 N–H and O–H groups in total. The summed E-state index contributed by atoms with van der Waals surface area (Å²) in [6, 6.07) is 19.0. The Kier molecular flexibility index (Phi) is 9.48. The Labute approximate surface area is 245 Å². The van der Waals surface area contributed by atoms with E-state index in [1.165, 1.54) is 0 Å². The maximum atomic E-state index is 12.3. The highest BCUT2D eigenvalue weighted by Crippen LogP contribution is 2.34. The number of nitrogens with zero attached hydrogens (tertiary/aromatic N) is 2. The van der Waals surface area contributed by atoms with Crippen molar-refractivity contribution in [3.8, 4) is 16.9 Å². The number of esters is 1. The number of rotatable bonds is 11. The minimum absolute atomic E-state index is 0.303. The molecule has 0 fully saturated rings. The number of nitrogens with two attached hydrogens (primary N) is 1. The second kappa shape index (κ2) is 12.8. The van der Waals surface area contributed by atoms with Gasteiger partial charge in [-0.2, -0.15) is 0 Å². The zero-order valence-electron chi connectivity index (χ0n) is 23.1. The molecule has 3 aromatic rings. The van der Waals surface area contributed by atoms with Gasteiger partial charge in [0, 0.05) is 37.4 Å². The normalized spacial score (nSPS) is 12.7. The van der Waals surface area contributed by atoms with Crippen LogP contribution in [0, 0.1) is 0 Å². The molecule has 0 saturated carbocycles. The Morgan fingerprint density at radius 3 is 2.58 bits per heavy atom. The highest BCUT2D eigenvalue weighted by Gasteiger charge is 2.32. The van der Waals surface area contributed by atoms with E-state index in [1.807, 2.05) is 48.5 Å². The van der Waals surface area contributed by atoms with Gasteiger partial charge in [-0.05, 0) is 74.6 Å². The van der Waals surface area contributed by atoms with E-state index in [0.29, 0.717) is 48.5 Å². The molecule has 0 radical (unpaired) electrons. The number of ether oxygens (including phenoxy) is 2. The summed E-state index contributed by atoms with van der Waals surface area (Å²) in [4.78, 5) is 28.4. The second-order valence-electron chi connectivity index (χ2n) is 10.2. The maximum absolute atomic E-state index is 12.3. The van der Waals surface area contributed by atoms with Crippen LogP contribution in [-0.2, 0) is 22.4 Å². The molecule has 0 bridgehead atoms. The molecule has 7 nitrogen and oxygen atoms in total. The molecule has 3 aromatic carbocycles. The van der Waals surface area contributed by atoms with Crippen LogP contribution >= 0.6 is 23.2 Å². The largest absolute Gasteiger partial charge is 0.476 e. The number of hydrogen-bond acceptors (Lipinski definition) is 5. The van der Waals surface area contributed by atoms with E-state index < -0.39 is 17.6 Å². The molecule has 212 valence electrons. The number of halogens is 2. The Balaban J connectivity index is 1.36. The number of hydrogen-bond donors (Lipinski definition) is 1. The predicted octanol–water partition coefficient (Wildman–Crippen LogP) is 6.37. The van der Waals surface area contributed by atoms with Crippen molar-refractivity contribution in [2.75, 3.05) is 37.7 Å². The lowest BCUT2D eigenvalue weighted by atomic mass is 10.0. The number of anilines is 1. The van der Waals surface area contributed by atoms with E-state index in [9.17, 15) is 9.59 Å². The molecule has 2 amide bonds. The summed E-state index contributed by atoms with van der Waals surface area (Å²) in [6.07, 6.45) is 1.50. The summed E-state index contributed by atoms with van der Waals surface area (Å²) < 4.78 is 11.1. The standard InChI is InChI=1S/C31H35Cl2N3O4/c1-4-39-29(37)31(2,3)40-24-11-12-27-23(20-24)14-16-35(27)17-18-36(30(34)38)15-13-21-7-5-8-22(19-21)25-9-6-10-26(32)28(25)33/h5-12,19-20H,4,13-18H2,1-3H3,(H2,34,38). The van der Waals surface area contributed by atoms with Crippen LogP contribution in [0.4, 0.5) is 10.5 Å². The minimum atomic E-state index is -1.08. The van der Waals surface area contributed by atoms with Gasteiger partial charge >= 0.3 is 12.0 Å². The summed E-state index contributed by atoms with van der Waals surface area (Å²) in [5, 5.41) is 1.03. The van der Waals surface area contributed by atoms with Gasteiger partial charge in [0.2, 0.25) is 0 Å². The van der Waals surface area contributed by atoms with E-state index in [0.717, 1.165) is 40.9 Å². The molecule has 0 saturated heterocycles. The highest BCUT2D eigenvalue weighted by atomic mass is 35.5. The number of primary amides is 1. The third-order valence-corrected chi connectivity index (χ3v) is 7.81. The van der Waals surface area contributed by atoms with Crippen LogP contribution in [0.3, 0.4) is 0 Å². The molecule has 4 rings (SSSR count). The molecule has 1 heterocycles. The molecule has 40 heavy (non-hydrogen) atoms. The number of urea groups is 1. The van der Waals surface area contributed by atoms with Gasteiger partial charge in [-0.25, -0.2) is 9.59 Å². The molecule has 0 atom stereocenters. The van der Waals surface area contributed by atoms with Gasteiger partial charge in [0.25, 0.3) is 0 Å². The van der Waals surface area contributed by atoms with Crippen molar-refractivity contribution in [2.45, 2.75) is 39.2 Å². The number of fused-ring (bicyclic) bond motifs is 1. The molecule has 9 heteroatoms. The SMILES string of the molecule is CCOC(=O)C(C)(C)Oc1ccc2c(c1)CCN2CCN(CCc1cccc(-c2cccc(Cl)c2Cl)c1)C(N)=O. The fourth-order valence-electron chi connectivity index (χ4n) is 4.84. The lowest BCUT2D eigenvalue weighted by Gasteiger charge is -2.26. The molecule has 0 unspecified atom stereocenters. The van der Waals surface area contributed by atoms with Crippen LogP contribution in [0.1, 0.15) is 31.9 Å². The average molecular weight is 585 g/mol. The smallest absolute Gasteiger partial charge is 0.349 e. The first-order chi connectivity index (χ1) is 19.1. The summed E-state index contributed by atoms with van der Waals surface area (Å²) in [5.74, 6) is 0.224. The fourth-order valence-corrected chi connectivity index (χ4v) is 5.25. The van der Waals surface area contributed by atoms with Gasteiger partial charge in [-0.3, -0.25) is 0 Å². The summed E-state index contributed by atoms with van der Waals surface area (Å²) in [5.41, 5.74) is 9.81. The number of carbonyl (C=O) groups is 2. The first-order valence-corrected chi connectivity index (χ1v) is 14.2. The van der Waals surface area contributed by atoms with Crippen LogP contribution in [0.2, 0.25) is 10.0 Å². The van der Waals surface area contributed by atoms with Gasteiger partial charge in [-0.1, -0.05) is 59.6 Å². The van der Waals surface area contributed by atoms with Gasteiger partial charge in [-0.15, -0.1) is 0 Å². The van der Waals surface area contributed by atoms with Gasteiger partial charge in [0.05, 0.1) is 16.7 Å². The molecule has 1 aliphatic rings. The van der Waals surface area contributed by atoms with Crippen LogP contribution < -0.4 is 15.4 Å².